The van der Waals surface area contributed by atoms with E-state index in [1.807, 2.05) is 26.0 Å². The number of nitrogens with one attached hydrogen (secondary N) is 1. The standard InChI is InChI=1S/C15H15ClFNO/c1-9-6-11(7-10(2)15(9)19)8-18-13-5-3-4-12(16)14(13)17/h3-7,18-19H,8H2,1-2H3. The molecule has 0 atom stereocenters. The Bertz CT molecular complexity index is 590. The van der Waals surface area contributed by atoms with Gasteiger partial charge in [-0.3, -0.25) is 0 Å². The Morgan fingerprint density at radius 2 is 1.84 bits per heavy atom. The van der Waals surface area contributed by atoms with Gasteiger partial charge in [0.25, 0.3) is 0 Å². The van der Waals surface area contributed by atoms with Crippen LogP contribution in [0, 0.1) is 19.7 Å². The maximum atomic E-state index is 13.7. The number of halogens is 2. The number of phenols is 1. The second kappa shape index (κ2) is 5.49. The number of hydrogen-bond donors (Lipinski definition) is 2. The van der Waals surface area contributed by atoms with Gasteiger partial charge in [-0.05, 0) is 42.7 Å². The highest BCUT2D eigenvalue weighted by Gasteiger charge is 2.07. The Labute approximate surface area is 116 Å². The summed E-state index contributed by atoms with van der Waals surface area (Å²) in [5.41, 5.74) is 2.97. The van der Waals surface area contributed by atoms with Gasteiger partial charge in [0.15, 0.2) is 5.82 Å². The average molecular weight is 280 g/mol. The molecule has 0 aliphatic rings. The minimum Gasteiger partial charge on any atom is -0.507 e. The number of rotatable bonds is 3. The fourth-order valence-electron chi connectivity index (χ4n) is 1.99. The van der Waals surface area contributed by atoms with Gasteiger partial charge in [-0.15, -0.1) is 0 Å². The SMILES string of the molecule is Cc1cc(CNc2cccc(Cl)c2F)cc(C)c1O. The van der Waals surface area contributed by atoms with E-state index in [2.05, 4.69) is 5.32 Å². The van der Waals surface area contributed by atoms with Gasteiger partial charge in [-0.25, -0.2) is 4.39 Å². The van der Waals surface area contributed by atoms with Crippen molar-refractivity contribution in [3.8, 4) is 5.75 Å². The first-order chi connectivity index (χ1) is 8.99. The third-order valence-electron chi connectivity index (χ3n) is 2.99. The lowest BCUT2D eigenvalue weighted by Crippen LogP contribution is -2.02. The number of aromatic hydroxyl groups is 1. The van der Waals surface area contributed by atoms with Gasteiger partial charge in [-0.2, -0.15) is 0 Å². The molecule has 19 heavy (non-hydrogen) atoms. The summed E-state index contributed by atoms with van der Waals surface area (Å²) in [5, 5.41) is 12.8. The van der Waals surface area contributed by atoms with E-state index in [4.69, 9.17) is 11.6 Å². The first kappa shape index (κ1) is 13.7. The number of hydrogen-bond acceptors (Lipinski definition) is 2. The molecule has 0 spiro atoms. The van der Waals surface area contributed by atoms with Gasteiger partial charge in [0.05, 0.1) is 10.7 Å². The molecule has 0 bridgehead atoms. The van der Waals surface area contributed by atoms with Crippen molar-refractivity contribution in [3.05, 3.63) is 57.9 Å². The van der Waals surface area contributed by atoms with Crippen LogP contribution in [0.15, 0.2) is 30.3 Å². The summed E-state index contributed by atoms with van der Waals surface area (Å²) in [7, 11) is 0. The highest BCUT2D eigenvalue weighted by Crippen LogP contribution is 2.25. The normalized spacial score (nSPS) is 10.5. The Morgan fingerprint density at radius 3 is 2.47 bits per heavy atom. The monoisotopic (exact) mass is 279 g/mol. The number of benzene rings is 2. The summed E-state index contributed by atoms with van der Waals surface area (Å²) in [6.45, 7) is 4.15. The molecule has 2 aromatic carbocycles. The molecule has 2 N–H and O–H groups in total. The van der Waals surface area contributed by atoms with E-state index in [0.717, 1.165) is 16.7 Å². The molecule has 0 aromatic heterocycles. The topological polar surface area (TPSA) is 32.3 Å². The van der Waals surface area contributed by atoms with Crippen molar-refractivity contribution in [2.45, 2.75) is 20.4 Å². The van der Waals surface area contributed by atoms with Crippen LogP contribution in [0.25, 0.3) is 0 Å². The molecular formula is C15H15ClFNO. The first-order valence-corrected chi connectivity index (χ1v) is 6.34. The third kappa shape index (κ3) is 2.99. The number of phenolic OH excluding ortho intramolecular Hbond substituents is 1. The molecule has 2 aromatic rings. The van der Waals surface area contributed by atoms with E-state index in [0.29, 0.717) is 18.0 Å². The summed E-state index contributed by atoms with van der Waals surface area (Å²) in [6.07, 6.45) is 0. The molecule has 2 nitrogen and oxygen atoms in total. The first-order valence-electron chi connectivity index (χ1n) is 5.96. The molecule has 0 heterocycles. The van der Waals surface area contributed by atoms with E-state index in [1.54, 1.807) is 12.1 Å². The van der Waals surface area contributed by atoms with E-state index in [-0.39, 0.29) is 5.02 Å². The maximum Gasteiger partial charge on any atom is 0.164 e. The second-order valence-electron chi connectivity index (χ2n) is 4.53. The van der Waals surface area contributed by atoms with Gasteiger partial charge in [0.2, 0.25) is 0 Å². The molecule has 4 heteroatoms. The van der Waals surface area contributed by atoms with Crippen molar-refractivity contribution in [2.75, 3.05) is 5.32 Å². The van der Waals surface area contributed by atoms with E-state index in [9.17, 15) is 9.50 Å². The van der Waals surface area contributed by atoms with Crippen LogP contribution >= 0.6 is 11.6 Å². The van der Waals surface area contributed by atoms with Crippen LogP contribution in [0.5, 0.6) is 5.75 Å². The van der Waals surface area contributed by atoms with Crippen LogP contribution in [0.1, 0.15) is 16.7 Å². The molecule has 0 aliphatic heterocycles. The highest BCUT2D eigenvalue weighted by atomic mass is 35.5. The summed E-state index contributed by atoms with van der Waals surface area (Å²) in [5.74, 6) is -0.144. The van der Waals surface area contributed by atoms with Crippen LogP contribution in [-0.4, -0.2) is 5.11 Å². The van der Waals surface area contributed by atoms with Gasteiger partial charge >= 0.3 is 0 Å². The van der Waals surface area contributed by atoms with Crippen molar-refractivity contribution < 1.29 is 9.50 Å². The van der Waals surface area contributed by atoms with E-state index < -0.39 is 5.82 Å². The molecular weight excluding hydrogens is 265 g/mol. The van der Waals surface area contributed by atoms with Crippen LogP contribution < -0.4 is 5.32 Å². The molecule has 0 aliphatic carbocycles. The van der Waals surface area contributed by atoms with Crippen LogP contribution in [-0.2, 0) is 6.54 Å². The molecule has 0 radical (unpaired) electrons. The van der Waals surface area contributed by atoms with Crippen molar-refractivity contribution in [3.63, 3.8) is 0 Å². The lowest BCUT2D eigenvalue weighted by Gasteiger charge is -2.11. The highest BCUT2D eigenvalue weighted by molar-refractivity contribution is 6.31. The lowest BCUT2D eigenvalue weighted by atomic mass is 10.1. The predicted octanol–water partition coefficient (Wildman–Crippen LogP) is 4.41. The quantitative estimate of drug-likeness (QED) is 0.872. The number of aryl methyl sites for hydroxylation is 2. The van der Waals surface area contributed by atoms with Gasteiger partial charge < -0.3 is 10.4 Å². The van der Waals surface area contributed by atoms with Crippen LogP contribution in [0.3, 0.4) is 0 Å². The zero-order chi connectivity index (χ0) is 14.0. The summed E-state index contributed by atoms with van der Waals surface area (Å²) < 4.78 is 13.7. The van der Waals surface area contributed by atoms with E-state index in [1.165, 1.54) is 6.07 Å². The average Bonchev–Trinajstić information content (AvgIpc) is 2.37. The zero-order valence-electron chi connectivity index (χ0n) is 10.8. The molecule has 0 fully saturated rings. The minimum absolute atomic E-state index is 0.100. The molecule has 2 rings (SSSR count). The Kier molecular flexibility index (Phi) is 3.96. The van der Waals surface area contributed by atoms with Crippen LogP contribution in [0.2, 0.25) is 5.02 Å². The lowest BCUT2D eigenvalue weighted by molar-refractivity contribution is 0.466. The second-order valence-corrected chi connectivity index (χ2v) is 4.94. The van der Waals surface area contributed by atoms with Crippen LogP contribution in [0.4, 0.5) is 10.1 Å². The Hall–Kier alpha value is -1.74. The third-order valence-corrected chi connectivity index (χ3v) is 3.28. The van der Waals surface area contributed by atoms with Gasteiger partial charge in [0, 0.05) is 6.54 Å². The van der Waals surface area contributed by atoms with Crippen molar-refractivity contribution in [2.24, 2.45) is 0 Å². The fraction of sp³-hybridized carbons (Fsp3) is 0.200. The zero-order valence-corrected chi connectivity index (χ0v) is 11.6. The van der Waals surface area contributed by atoms with Crippen molar-refractivity contribution >= 4 is 17.3 Å². The maximum absolute atomic E-state index is 13.7. The smallest absolute Gasteiger partial charge is 0.164 e. The summed E-state index contributed by atoms with van der Waals surface area (Å²) >= 11 is 5.72. The molecule has 100 valence electrons. The van der Waals surface area contributed by atoms with Crippen molar-refractivity contribution in [1.82, 2.24) is 0 Å². The van der Waals surface area contributed by atoms with E-state index >= 15 is 0 Å². The molecule has 0 saturated heterocycles. The largest absolute Gasteiger partial charge is 0.507 e. The Morgan fingerprint density at radius 1 is 1.21 bits per heavy atom. The predicted molar refractivity (Wildman–Crippen MR) is 76.3 cm³/mol. The minimum atomic E-state index is -0.448. The van der Waals surface area contributed by atoms with Gasteiger partial charge in [-0.1, -0.05) is 29.8 Å². The summed E-state index contributed by atoms with van der Waals surface area (Å²) in [4.78, 5) is 0. The summed E-state index contributed by atoms with van der Waals surface area (Å²) in [6, 6.07) is 8.59. The fourth-order valence-corrected chi connectivity index (χ4v) is 2.16. The Balaban J connectivity index is 2.17. The molecule has 0 unspecified atom stereocenters. The molecule has 0 saturated carbocycles. The van der Waals surface area contributed by atoms with Crippen molar-refractivity contribution in [1.29, 1.82) is 0 Å². The molecule has 0 amide bonds. The van der Waals surface area contributed by atoms with Gasteiger partial charge in [0.1, 0.15) is 5.75 Å². The number of anilines is 1.